The molecule has 0 aliphatic rings. The maximum Gasteiger partial charge on any atom is 0.339 e. The number of rotatable bonds is 4. The number of carbonyl (C=O) groups is 2. The molecule has 0 aliphatic carbocycles. The van der Waals surface area contributed by atoms with Gasteiger partial charge < -0.3 is 15.5 Å². The highest BCUT2D eigenvalue weighted by Crippen LogP contribution is 2.22. The Balaban J connectivity index is 2.05. The lowest BCUT2D eigenvalue weighted by atomic mass is 10.1. The van der Waals surface area contributed by atoms with Crippen molar-refractivity contribution in [2.45, 2.75) is 6.42 Å². The van der Waals surface area contributed by atoms with Gasteiger partial charge in [0, 0.05) is 11.8 Å². The molecule has 3 N–H and O–H groups in total. The summed E-state index contributed by atoms with van der Waals surface area (Å²) in [4.78, 5) is 22.4. The maximum absolute atomic E-state index is 11.7. The molecule has 5 nitrogen and oxygen atoms in total. The molecule has 1 aromatic carbocycles. The highest BCUT2D eigenvalue weighted by atomic mass is 32.1. The molecule has 2 aromatic rings. The third-order valence-electron chi connectivity index (χ3n) is 2.46. The van der Waals surface area contributed by atoms with Crippen LogP contribution in [-0.4, -0.2) is 22.1 Å². The fraction of sp³-hybridized carbons (Fsp3) is 0.0769. The van der Waals surface area contributed by atoms with Gasteiger partial charge in [-0.15, -0.1) is 0 Å². The zero-order valence-corrected chi connectivity index (χ0v) is 10.6. The van der Waals surface area contributed by atoms with Crippen LogP contribution >= 0.6 is 11.3 Å². The standard InChI is InChI=1S/C13H11NO4S/c15-11-6-9(1-2-10(11)13(17)18)14-12(16)5-8-3-4-19-7-8/h1-4,6-7,15H,5H2,(H,14,16)(H,17,18). The Bertz CT molecular complexity index is 607. The molecule has 0 fully saturated rings. The first-order chi connectivity index (χ1) is 9.06. The maximum atomic E-state index is 11.7. The Labute approximate surface area is 113 Å². The zero-order valence-electron chi connectivity index (χ0n) is 9.79. The first-order valence-corrected chi connectivity index (χ1v) is 6.38. The van der Waals surface area contributed by atoms with Gasteiger partial charge in [-0.25, -0.2) is 4.79 Å². The van der Waals surface area contributed by atoms with E-state index in [-0.39, 0.29) is 23.6 Å². The highest BCUT2D eigenvalue weighted by Gasteiger charge is 2.11. The molecule has 0 bridgehead atoms. The summed E-state index contributed by atoms with van der Waals surface area (Å²) in [5.74, 6) is -1.81. The van der Waals surface area contributed by atoms with Gasteiger partial charge in [-0.05, 0) is 34.5 Å². The summed E-state index contributed by atoms with van der Waals surface area (Å²) in [6, 6.07) is 5.76. The minimum Gasteiger partial charge on any atom is -0.507 e. The van der Waals surface area contributed by atoms with Gasteiger partial charge in [0.1, 0.15) is 11.3 Å². The second-order valence-corrected chi connectivity index (χ2v) is 4.67. The van der Waals surface area contributed by atoms with Gasteiger partial charge in [-0.3, -0.25) is 4.79 Å². The van der Waals surface area contributed by atoms with Crippen molar-refractivity contribution in [3.8, 4) is 5.75 Å². The van der Waals surface area contributed by atoms with E-state index in [2.05, 4.69) is 5.32 Å². The number of benzene rings is 1. The van der Waals surface area contributed by atoms with Crippen molar-refractivity contribution in [3.05, 3.63) is 46.2 Å². The summed E-state index contributed by atoms with van der Waals surface area (Å²) in [7, 11) is 0. The first-order valence-electron chi connectivity index (χ1n) is 5.43. The second kappa shape index (κ2) is 5.53. The number of thiophene rings is 1. The van der Waals surface area contributed by atoms with E-state index in [0.29, 0.717) is 5.69 Å². The molecule has 1 aromatic heterocycles. The van der Waals surface area contributed by atoms with Gasteiger partial charge in [-0.1, -0.05) is 0 Å². The summed E-state index contributed by atoms with van der Waals surface area (Å²) < 4.78 is 0. The number of carbonyl (C=O) groups excluding carboxylic acids is 1. The Morgan fingerprint density at radius 2 is 2.05 bits per heavy atom. The summed E-state index contributed by atoms with van der Waals surface area (Å²) in [5.41, 5.74) is 1.08. The van der Waals surface area contributed by atoms with Crippen molar-refractivity contribution in [3.63, 3.8) is 0 Å². The van der Waals surface area contributed by atoms with Crippen LogP contribution < -0.4 is 5.32 Å². The molecule has 2 rings (SSSR count). The van der Waals surface area contributed by atoms with Crippen LogP contribution in [0.2, 0.25) is 0 Å². The number of carboxylic acid groups (broad SMARTS) is 1. The number of hydrogen-bond donors (Lipinski definition) is 3. The monoisotopic (exact) mass is 277 g/mol. The van der Waals surface area contributed by atoms with Crippen molar-refractivity contribution < 1.29 is 19.8 Å². The summed E-state index contributed by atoms with van der Waals surface area (Å²) in [6.07, 6.45) is 0.241. The summed E-state index contributed by atoms with van der Waals surface area (Å²) in [5, 5.41) is 24.6. The van der Waals surface area contributed by atoms with Crippen LogP contribution in [0.4, 0.5) is 5.69 Å². The zero-order chi connectivity index (χ0) is 13.8. The molecule has 1 heterocycles. The van der Waals surface area contributed by atoms with Crippen molar-refractivity contribution in [2.24, 2.45) is 0 Å². The van der Waals surface area contributed by atoms with Gasteiger partial charge in [-0.2, -0.15) is 11.3 Å². The van der Waals surface area contributed by atoms with E-state index in [1.165, 1.54) is 29.5 Å². The van der Waals surface area contributed by atoms with Gasteiger partial charge in [0.25, 0.3) is 0 Å². The van der Waals surface area contributed by atoms with E-state index in [4.69, 9.17) is 5.11 Å². The van der Waals surface area contributed by atoms with Crippen LogP contribution in [0.3, 0.4) is 0 Å². The molecule has 0 saturated heterocycles. The van der Waals surface area contributed by atoms with Crippen molar-refractivity contribution in [1.82, 2.24) is 0 Å². The highest BCUT2D eigenvalue weighted by molar-refractivity contribution is 7.08. The minimum atomic E-state index is -1.21. The van der Waals surface area contributed by atoms with Crippen LogP contribution in [0.25, 0.3) is 0 Å². The van der Waals surface area contributed by atoms with Gasteiger partial charge >= 0.3 is 5.97 Å². The summed E-state index contributed by atoms with van der Waals surface area (Å²) in [6.45, 7) is 0. The molecular weight excluding hydrogens is 266 g/mol. The van der Waals surface area contributed by atoms with Crippen LogP contribution in [0.5, 0.6) is 5.75 Å². The normalized spacial score (nSPS) is 10.1. The largest absolute Gasteiger partial charge is 0.507 e. The molecule has 0 saturated carbocycles. The number of hydrogen-bond acceptors (Lipinski definition) is 4. The molecule has 98 valence electrons. The SMILES string of the molecule is O=C(Cc1ccsc1)Nc1ccc(C(=O)O)c(O)c1. The van der Waals surface area contributed by atoms with E-state index in [1.54, 1.807) is 0 Å². The molecule has 0 aliphatic heterocycles. The average Bonchev–Trinajstić information content (AvgIpc) is 2.81. The molecule has 0 radical (unpaired) electrons. The Hall–Kier alpha value is -2.34. The van der Waals surface area contributed by atoms with E-state index >= 15 is 0 Å². The first kappa shape index (κ1) is 13.1. The smallest absolute Gasteiger partial charge is 0.339 e. The number of nitrogens with one attached hydrogen (secondary N) is 1. The van der Waals surface area contributed by atoms with Gasteiger partial charge in [0.05, 0.1) is 6.42 Å². The Kier molecular flexibility index (Phi) is 3.82. The fourth-order valence-electron chi connectivity index (χ4n) is 1.57. The van der Waals surface area contributed by atoms with Crippen LogP contribution in [0.1, 0.15) is 15.9 Å². The van der Waals surface area contributed by atoms with Crippen molar-refractivity contribution in [1.29, 1.82) is 0 Å². The van der Waals surface area contributed by atoms with E-state index in [1.807, 2.05) is 16.8 Å². The number of phenols is 1. The molecule has 0 atom stereocenters. The topological polar surface area (TPSA) is 86.6 Å². The summed E-state index contributed by atoms with van der Waals surface area (Å²) >= 11 is 1.51. The second-order valence-electron chi connectivity index (χ2n) is 3.89. The fourth-order valence-corrected chi connectivity index (χ4v) is 2.24. The molecule has 19 heavy (non-hydrogen) atoms. The van der Waals surface area contributed by atoms with Crippen molar-refractivity contribution in [2.75, 3.05) is 5.32 Å². The lowest BCUT2D eigenvalue weighted by Crippen LogP contribution is -2.14. The molecule has 0 unspecified atom stereocenters. The minimum absolute atomic E-state index is 0.198. The quantitative estimate of drug-likeness (QED) is 0.800. The number of amides is 1. The molecule has 0 spiro atoms. The molecule has 1 amide bonds. The Morgan fingerprint density at radius 3 is 2.63 bits per heavy atom. The van der Waals surface area contributed by atoms with Gasteiger partial charge in [0.15, 0.2) is 0 Å². The van der Waals surface area contributed by atoms with Crippen molar-refractivity contribution >= 4 is 28.9 Å². The van der Waals surface area contributed by atoms with Crippen LogP contribution in [-0.2, 0) is 11.2 Å². The van der Waals surface area contributed by atoms with Crippen LogP contribution in [0, 0.1) is 0 Å². The van der Waals surface area contributed by atoms with E-state index in [9.17, 15) is 14.7 Å². The molecular formula is C13H11NO4S. The lowest BCUT2D eigenvalue weighted by molar-refractivity contribution is -0.115. The Morgan fingerprint density at radius 1 is 1.26 bits per heavy atom. The van der Waals surface area contributed by atoms with E-state index < -0.39 is 5.97 Å². The third-order valence-corrected chi connectivity index (χ3v) is 3.19. The van der Waals surface area contributed by atoms with E-state index in [0.717, 1.165) is 5.56 Å². The number of aromatic hydroxyl groups is 1. The number of aromatic carboxylic acids is 1. The third kappa shape index (κ3) is 3.32. The average molecular weight is 277 g/mol. The van der Waals surface area contributed by atoms with Gasteiger partial charge in [0.2, 0.25) is 5.91 Å². The number of anilines is 1. The predicted molar refractivity (Wildman–Crippen MR) is 71.7 cm³/mol. The lowest BCUT2D eigenvalue weighted by Gasteiger charge is -2.06. The predicted octanol–water partition coefficient (Wildman–Crippen LogP) is 2.33. The molecule has 6 heteroatoms. The number of carboxylic acids is 1. The van der Waals surface area contributed by atoms with Crippen LogP contribution in [0.15, 0.2) is 35.0 Å².